The van der Waals surface area contributed by atoms with E-state index in [-0.39, 0.29) is 13.2 Å². The number of carbonyl (C=O) groups is 1. The fourth-order valence-electron chi connectivity index (χ4n) is 2.12. The van der Waals surface area contributed by atoms with Crippen LogP contribution in [0, 0.1) is 0 Å². The minimum absolute atomic E-state index is 0.0122. The zero-order valence-electron chi connectivity index (χ0n) is 12.3. The summed E-state index contributed by atoms with van der Waals surface area (Å²) in [6.07, 6.45) is 0. The first-order valence-corrected chi connectivity index (χ1v) is 7.11. The first-order valence-electron chi connectivity index (χ1n) is 7.11. The van der Waals surface area contributed by atoms with E-state index in [1.807, 2.05) is 36.4 Å². The normalized spacial score (nSPS) is 10.4. The molecule has 2 aromatic carbocycles. The Kier molecular flexibility index (Phi) is 5.94. The maximum atomic E-state index is 11.2. The summed E-state index contributed by atoms with van der Waals surface area (Å²) < 4.78 is 5.49. The number of aliphatic hydroxyl groups is 1. The first-order chi connectivity index (χ1) is 10.7. The van der Waals surface area contributed by atoms with Crippen LogP contribution in [0.5, 0.6) is 5.75 Å². The molecular formula is C17H20N2O3. The smallest absolute Gasteiger partial charge is 0.248 e. The summed E-state index contributed by atoms with van der Waals surface area (Å²) in [5.41, 5.74) is 7.78. The van der Waals surface area contributed by atoms with Gasteiger partial charge in [-0.3, -0.25) is 4.79 Å². The van der Waals surface area contributed by atoms with Crippen LogP contribution in [0.2, 0.25) is 0 Å². The van der Waals surface area contributed by atoms with Crippen molar-refractivity contribution >= 4 is 5.91 Å². The molecular weight excluding hydrogens is 280 g/mol. The van der Waals surface area contributed by atoms with Crippen molar-refractivity contribution in [1.29, 1.82) is 0 Å². The second-order valence-electron chi connectivity index (χ2n) is 4.85. The monoisotopic (exact) mass is 300 g/mol. The van der Waals surface area contributed by atoms with Gasteiger partial charge >= 0.3 is 0 Å². The van der Waals surface area contributed by atoms with Crippen LogP contribution in [0.4, 0.5) is 0 Å². The number of nitrogens with two attached hydrogens (primary N) is 1. The van der Waals surface area contributed by atoms with Gasteiger partial charge in [0, 0.05) is 24.2 Å². The molecule has 0 atom stereocenters. The van der Waals surface area contributed by atoms with Crippen molar-refractivity contribution in [2.45, 2.75) is 13.1 Å². The fourth-order valence-corrected chi connectivity index (χ4v) is 2.12. The number of carbonyl (C=O) groups excluding carboxylic acids is 1. The van der Waals surface area contributed by atoms with E-state index in [1.165, 1.54) is 0 Å². The third-order valence-electron chi connectivity index (χ3n) is 3.18. The van der Waals surface area contributed by atoms with E-state index in [4.69, 9.17) is 15.6 Å². The molecule has 0 saturated carbocycles. The highest BCUT2D eigenvalue weighted by Gasteiger charge is 2.04. The van der Waals surface area contributed by atoms with Crippen LogP contribution in [0.1, 0.15) is 21.5 Å². The van der Waals surface area contributed by atoms with Crippen molar-refractivity contribution in [3.05, 3.63) is 65.2 Å². The van der Waals surface area contributed by atoms with Gasteiger partial charge in [-0.2, -0.15) is 0 Å². The molecule has 0 aliphatic rings. The summed E-state index contributed by atoms with van der Waals surface area (Å²) in [5.74, 6) is 0.333. The summed E-state index contributed by atoms with van der Waals surface area (Å²) in [6.45, 7) is 1.51. The molecule has 0 aromatic heterocycles. The molecule has 0 heterocycles. The lowest BCUT2D eigenvalue weighted by Gasteiger charge is -2.11. The van der Waals surface area contributed by atoms with E-state index >= 15 is 0 Å². The van der Waals surface area contributed by atoms with Gasteiger partial charge in [-0.25, -0.2) is 0 Å². The summed E-state index contributed by atoms with van der Waals surface area (Å²) in [5, 5.41) is 12.1. The van der Waals surface area contributed by atoms with E-state index in [2.05, 4.69) is 5.32 Å². The van der Waals surface area contributed by atoms with Crippen molar-refractivity contribution < 1.29 is 14.6 Å². The number of primary amides is 1. The van der Waals surface area contributed by atoms with E-state index in [0.717, 1.165) is 16.9 Å². The lowest BCUT2D eigenvalue weighted by atomic mass is 10.1. The molecule has 2 aromatic rings. The number of aliphatic hydroxyl groups excluding tert-OH is 1. The van der Waals surface area contributed by atoms with Crippen molar-refractivity contribution in [2.24, 2.45) is 5.73 Å². The molecule has 116 valence electrons. The Morgan fingerprint density at radius 3 is 2.73 bits per heavy atom. The predicted octanol–water partition coefficient (Wildman–Crippen LogP) is 1.45. The zero-order valence-corrected chi connectivity index (χ0v) is 12.3. The van der Waals surface area contributed by atoms with Crippen LogP contribution >= 0.6 is 0 Å². The fraction of sp³-hybridized carbons (Fsp3) is 0.235. The number of hydrogen-bond acceptors (Lipinski definition) is 4. The molecule has 0 aliphatic heterocycles. The first kappa shape index (κ1) is 16.0. The standard InChI is InChI=1S/C17H20N2O3/c18-17(21)14-6-3-4-13(10-14)11-19-12-15-5-1-2-7-16(15)22-9-8-20/h1-7,10,19-20H,8-9,11-12H2,(H2,18,21). The second-order valence-corrected chi connectivity index (χ2v) is 4.85. The van der Waals surface area contributed by atoms with Gasteiger partial charge in [0.25, 0.3) is 0 Å². The molecule has 0 aliphatic carbocycles. The lowest BCUT2D eigenvalue weighted by molar-refractivity contribution is 0.1000. The Balaban J connectivity index is 1.94. The Morgan fingerprint density at radius 1 is 1.14 bits per heavy atom. The highest BCUT2D eigenvalue weighted by Crippen LogP contribution is 2.17. The van der Waals surface area contributed by atoms with E-state index < -0.39 is 5.91 Å². The highest BCUT2D eigenvalue weighted by molar-refractivity contribution is 5.92. The van der Waals surface area contributed by atoms with E-state index in [0.29, 0.717) is 18.7 Å². The molecule has 1 amide bonds. The van der Waals surface area contributed by atoms with Crippen molar-refractivity contribution in [3.63, 3.8) is 0 Å². The van der Waals surface area contributed by atoms with Crippen LogP contribution in [-0.4, -0.2) is 24.2 Å². The molecule has 0 fully saturated rings. The Hall–Kier alpha value is -2.37. The Labute approximate surface area is 129 Å². The molecule has 2 rings (SSSR count). The number of para-hydroxylation sites is 1. The molecule has 4 N–H and O–H groups in total. The summed E-state index contributed by atoms with van der Waals surface area (Å²) in [7, 11) is 0. The molecule has 0 spiro atoms. The van der Waals surface area contributed by atoms with Crippen LogP contribution in [0.3, 0.4) is 0 Å². The molecule has 0 saturated heterocycles. The van der Waals surface area contributed by atoms with Gasteiger partial charge in [0.15, 0.2) is 0 Å². The van der Waals surface area contributed by atoms with Gasteiger partial charge in [-0.15, -0.1) is 0 Å². The van der Waals surface area contributed by atoms with Crippen LogP contribution < -0.4 is 15.8 Å². The minimum atomic E-state index is -0.426. The molecule has 22 heavy (non-hydrogen) atoms. The minimum Gasteiger partial charge on any atom is -0.491 e. The van der Waals surface area contributed by atoms with Gasteiger partial charge in [0.2, 0.25) is 5.91 Å². The second kappa shape index (κ2) is 8.17. The topological polar surface area (TPSA) is 84.6 Å². The maximum Gasteiger partial charge on any atom is 0.248 e. The lowest BCUT2D eigenvalue weighted by Crippen LogP contribution is -2.15. The van der Waals surface area contributed by atoms with Gasteiger partial charge in [0.1, 0.15) is 12.4 Å². The number of hydrogen-bond donors (Lipinski definition) is 3. The van der Waals surface area contributed by atoms with Gasteiger partial charge in [0.05, 0.1) is 6.61 Å². The SMILES string of the molecule is NC(=O)c1cccc(CNCc2ccccc2OCCO)c1. The summed E-state index contributed by atoms with van der Waals surface area (Å²) >= 11 is 0. The predicted molar refractivity (Wildman–Crippen MR) is 84.5 cm³/mol. The average Bonchev–Trinajstić information content (AvgIpc) is 2.54. The summed E-state index contributed by atoms with van der Waals surface area (Å²) in [4.78, 5) is 11.2. The van der Waals surface area contributed by atoms with Gasteiger partial charge < -0.3 is 20.9 Å². The third kappa shape index (κ3) is 4.58. The Bertz CT molecular complexity index is 629. The Morgan fingerprint density at radius 2 is 1.95 bits per heavy atom. The van der Waals surface area contributed by atoms with E-state index in [1.54, 1.807) is 12.1 Å². The van der Waals surface area contributed by atoms with Crippen LogP contribution in [0.25, 0.3) is 0 Å². The van der Waals surface area contributed by atoms with Crippen molar-refractivity contribution in [1.82, 2.24) is 5.32 Å². The molecule has 5 heteroatoms. The highest BCUT2D eigenvalue weighted by atomic mass is 16.5. The maximum absolute atomic E-state index is 11.2. The van der Waals surface area contributed by atoms with Gasteiger partial charge in [-0.1, -0.05) is 30.3 Å². The number of rotatable bonds is 8. The molecule has 0 radical (unpaired) electrons. The van der Waals surface area contributed by atoms with Gasteiger partial charge in [-0.05, 0) is 23.8 Å². The number of amides is 1. The quantitative estimate of drug-likeness (QED) is 0.689. The van der Waals surface area contributed by atoms with Crippen molar-refractivity contribution in [3.8, 4) is 5.75 Å². The zero-order chi connectivity index (χ0) is 15.8. The van der Waals surface area contributed by atoms with E-state index in [9.17, 15) is 4.79 Å². The largest absolute Gasteiger partial charge is 0.491 e. The number of benzene rings is 2. The number of nitrogens with one attached hydrogen (secondary N) is 1. The van der Waals surface area contributed by atoms with Crippen molar-refractivity contribution in [2.75, 3.05) is 13.2 Å². The molecule has 0 bridgehead atoms. The average molecular weight is 300 g/mol. The summed E-state index contributed by atoms with van der Waals surface area (Å²) in [6, 6.07) is 14.9. The van der Waals surface area contributed by atoms with Crippen LogP contribution in [-0.2, 0) is 13.1 Å². The van der Waals surface area contributed by atoms with Crippen LogP contribution in [0.15, 0.2) is 48.5 Å². The molecule has 5 nitrogen and oxygen atoms in total. The third-order valence-corrected chi connectivity index (χ3v) is 3.18. The molecule has 0 unspecified atom stereocenters. The number of ether oxygens (including phenoxy) is 1.